The molecule has 9 nitrogen and oxygen atoms in total. The van der Waals surface area contributed by atoms with Gasteiger partial charge >= 0.3 is 0 Å². The first-order valence-corrected chi connectivity index (χ1v) is 11.0. The van der Waals surface area contributed by atoms with E-state index in [-0.39, 0.29) is 5.91 Å². The second kappa shape index (κ2) is 10.1. The van der Waals surface area contributed by atoms with Gasteiger partial charge in [-0.1, -0.05) is 12.1 Å². The van der Waals surface area contributed by atoms with Crippen molar-refractivity contribution in [2.75, 3.05) is 41.8 Å². The van der Waals surface area contributed by atoms with Crippen LogP contribution in [0.15, 0.2) is 79.3 Å². The molecule has 5 rings (SSSR count). The lowest BCUT2D eigenvalue weighted by Crippen LogP contribution is -2.36. The van der Waals surface area contributed by atoms with Crippen LogP contribution in [0.25, 0.3) is 11.3 Å². The second-order valence-electron chi connectivity index (χ2n) is 7.70. The second-order valence-corrected chi connectivity index (χ2v) is 7.70. The Bertz CT molecular complexity index is 1240. The van der Waals surface area contributed by atoms with Gasteiger partial charge in [-0.25, -0.2) is 9.97 Å². The molecule has 170 valence electrons. The van der Waals surface area contributed by atoms with Crippen molar-refractivity contribution in [3.8, 4) is 11.3 Å². The number of ether oxygens (including phenoxy) is 1. The van der Waals surface area contributed by atoms with Gasteiger partial charge in [0.25, 0.3) is 5.91 Å². The molecule has 1 aliphatic heterocycles. The number of hydrogen-bond donors (Lipinski definition) is 2. The van der Waals surface area contributed by atoms with Gasteiger partial charge < -0.3 is 20.3 Å². The standard InChI is InChI=1S/C25H23N7O2/c33-24(19-9-12-27-28-17-19)29-20-3-1-18(2-4-20)23-10-11-26-25(31-23)30-21-5-7-22(8-6-21)32-13-15-34-16-14-32/h1-12,17H,13-16H2,(H,29,33)(H,26,30,31). The van der Waals surface area contributed by atoms with E-state index in [4.69, 9.17) is 4.74 Å². The van der Waals surface area contributed by atoms with Gasteiger partial charge in [-0.15, -0.1) is 0 Å². The number of carbonyl (C=O) groups is 1. The first-order chi connectivity index (χ1) is 16.7. The third-order valence-corrected chi connectivity index (χ3v) is 5.44. The summed E-state index contributed by atoms with van der Waals surface area (Å²) in [7, 11) is 0. The molecule has 1 fully saturated rings. The Morgan fingerprint density at radius 1 is 0.853 bits per heavy atom. The average molecular weight is 454 g/mol. The maximum absolute atomic E-state index is 12.3. The summed E-state index contributed by atoms with van der Waals surface area (Å²) >= 11 is 0. The molecule has 3 heterocycles. The van der Waals surface area contributed by atoms with E-state index >= 15 is 0 Å². The van der Waals surface area contributed by atoms with Crippen molar-refractivity contribution in [1.29, 1.82) is 0 Å². The monoisotopic (exact) mass is 453 g/mol. The number of nitrogens with zero attached hydrogens (tertiary/aromatic N) is 5. The minimum Gasteiger partial charge on any atom is -0.378 e. The zero-order chi connectivity index (χ0) is 23.2. The highest BCUT2D eigenvalue weighted by Crippen LogP contribution is 2.23. The number of anilines is 4. The highest BCUT2D eigenvalue weighted by atomic mass is 16.5. The maximum atomic E-state index is 12.3. The molecule has 2 N–H and O–H groups in total. The number of morpholine rings is 1. The van der Waals surface area contributed by atoms with Gasteiger partial charge in [0, 0.05) is 41.9 Å². The summed E-state index contributed by atoms with van der Waals surface area (Å²) in [4.78, 5) is 23.6. The van der Waals surface area contributed by atoms with Gasteiger partial charge in [0.2, 0.25) is 5.95 Å². The topological polar surface area (TPSA) is 105 Å². The summed E-state index contributed by atoms with van der Waals surface area (Å²) in [5.41, 5.74) is 4.91. The fraction of sp³-hybridized carbons (Fsp3) is 0.160. The van der Waals surface area contributed by atoms with E-state index < -0.39 is 0 Å². The first kappa shape index (κ1) is 21.5. The van der Waals surface area contributed by atoms with Crippen molar-refractivity contribution in [2.24, 2.45) is 0 Å². The van der Waals surface area contributed by atoms with Crippen molar-refractivity contribution in [3.05, 3.63) is 84.8 Å². The Morgan fingerprint density at radius 2 is 1.62 bits per heavy atom. The third kappa shape index (κ3) is 5.16. The summed E-state index contributed by atoms with van der Waals surface area (Å²) in [6.07, 6.45) is 4.63. The van der Waals surface area contributed by atoms with Crippen LogP contribution in [0.3, 0.4) is 0 Å². The van der Waals surface area contributed by atoms with Crippen molar-refractivity contribution >= 4 is 28.9 Å². The van der Waals surface area contributed by atoms with Crippen LogP contribution in [0.5, 0.6) is 0 Å². The van der Waals surface area contributed by atoms with Crippen molar-refractivity contribution < 1.29 is 9.53 Å². The van der Waals surface area contributed by atoms with Crippen LogP contribution in [0.1, 0.15) is 10.4 Å². The molecule has 4 aromatic rings. The van der Waals surface area contributed by atoms with E-state index in [1.807, 2.05) is 42.5 Å². The molecular formula is C25H23N7O2. The van der Waals surface area contributed by atoms with E-state index in [2.05, 4.69) is 47.8 Å². The molecule has 0 radical (unpaired) electrons. The summed E-state index contributed by atoms with van der Waals surface area (Å²) in [6, 6.07) is 19.2. The molecule has 0 bridgehead atoms. The molecule has 0 atom stereocenters. The Balaban J connectivity index is 1.24. The Morgan fingerprint density at radius 3 is 2.35 bits per heavy atom. The van der Waals surface area contributed by atoms with Crippen LogP contribution in [0.4, 0.5) is 23.0 Å². The van der Waals surface area contributed by atoms with Crippen molar-refractivity contribution in [3.63, 3.8) is 0 Å². The summed E-state index contributed by atoms with van der Waals surface area (Å²) in [6.45, 7) is 3.33. The summed E-state index contributed by atoms with van der Waals surface area (Å²) < 4.78 is 5.42. The number of hydrogen-bond acceptors (Lipinski definition) is 8. The number of rotatable bonds is 6. The lowest BCUT2D eigenvalue weighted by Gasteiger charge is -2.28. The lowest BCUT2D eigenvalue weighted by atomic mass is 10.1. The Kier molecular flexibility index (Phi) is 6.35. The molecule has 1 saturated heterocycles. The Labute approximate surface area is 196 Å². The van der Waals surface area contributed by atoms with E-state index in [1.54, 1.807) is 12.3 Å². The molecule has 9 heteroatoms. The van der Waals surface area contributed by atoms with Crippen LogP contribution >= 0.6 is 0 Å². The van der Waals surface area contributed by atoms with Gasteiger partial charge in [-0.05, 0) is 48.5 Å². The predicted molar refractivity (Wildman–Crippen MR) is 130 cm³/mol. The number of carbonyl (C=O) groups excluding carboxylic acids is 1. The number of benzene rings is 2. The lowest BCUT2D eigenvalue weighted by molar-refractivity contribution is 0.102. The average Bonchev–Trinajstić information content (AvgIpc) is 2.91. The summed E-state index contributed by atoms with van der Waals surface area (Å²) in [5, 5.41) is 13.5. The first-order valence-electron chi connectivity index (χ1n) is 11.0. The quantitative estimate of drug-likeness (QED) is 0.455. The van der Waals surface area contributed by atoms with Crippen LogP contribution < -0.4 is 15.5 Å². The molecule has 0 saturated carbocycles. The van der Waals surface area contributed by atoms with Crippen molar-refractivity contribution in [2.45, 2.75) is 0 Å². The maximum Gasteiger partial charge on any atom is 0.257 e. The number of amides is 1. The molecule has 1 amide bonds. The molecule has 0 unspecified atom stereocenters. The fourth-order valence-corrected chi connectivity index (χ4v) is 3.64. The third-order valence-electron chi connectivity index (χ3n) is 5.44. The molecule has 34 heavy (non-hydrogen) atoms. The van der Waals surface area contributed by atoms with Crippen LogP contribution in [0, 0.1) is 0 Å². The molecule has 1 aliphatic rings. The predicted octanol–water partition coefficient (Wildman–Crippen LogP) is 3.77. The molecule has 0 spiro atoms. The summed E-state index contributed by atoms with van der Waals surface area (Å²) in [5.74, 6) is 0.273. The molecule has 0 aliphatic carbocycles. The normalized spacial score (nSPS) is 13.4. The fourth-order valence-electron chi connectivity index (χ4n) is 3.64. The molecule has 2 aromatic heterocycles. The van der Waals surface area contributed by atoms with Crippen LogP contribution in [-0.4, -0.2) is 52.4 Å². The molecule has 2 aromatic carbocycles. The van der Waals surface area contributed by atoms with Gasteiger partial charge in [0.15, 0.2) is 0 Å². The van der Waals surface area contributed by atoms with Gasteiger partial charge in [-0.2, -0.15) is 10.2 Å². The van der Waals surface area contributed by atoms with Gasteiger partial charge in [0.05, 0.1) is 36.9 Å². The highest BCUT2D eigenvalue weighted by molar-refractivity contribution is 6.04. The van der Waals surface area contributed by atoms with Gasteiger partial charge in [0.1, 0.15) is 0 Å². The minimum absolute atomic E-state index is 0.240. The largest absolute Gasteiger partial charge is 0.378 e. The smallest absolute Gasteiger partial charge is 0.257 e. The minimum atomic E-state index is -0.240. The molecular weight excluding hydrogens is 430 g/mol. The SMILES string of the molecule is O=C(Nc1ccc(-c2ccnc(Nc3ccc(N4CCOCC4)cc3)n2)cc1)c1ccnnc1. The zero-order valence-corrected chi connectivity index (χ0v) is 18.4. The Hall–Kier alpha value is -4.37. The van der Waals surface area contributed by atoms with E-state index in [0.29, 0.717) is 17.2 Å². The van der Waals surface area contributed by atoms with E-state index in [0.717, 1.165) is 43.2 Å². The van der Waals surface area contributed by atoms with Crippen molar-refractivity contribution in [1.82, 2.24) is 20.2 Å². The van der Waals surface area contributed by atoms with Crippen LogP contribution in [0.2, 0.25) is 0 Å². The van der Waals surface area contributed by atoms with Gasteiger partial charge in [-0.3, -0.25) is 4.79 Å². The number of aromatic nitrogens is 4. The van der Waals surface area contributed by atoms with E-state index in [1.165, 1.54) is 18.1 Å². The van der Waals surface area contributed by atoms with Crippen LogP contribution in [-0.2, 0) is 4.74 Å². The van der Waals surface area contributed by atoms with E-state index in [9.17, 15) is 4.79 Å². The highest BCUT2D eigenvalue weighted by Gasteiger charge is 2.11. The number of nitrogens with one attached hydrogen (secondary N) is 2. The zero-order valence-electron chi connectivity index (χ0n) is 18.4.